The van der Waals surface area contributed by atoms with Crippen LogP contribution in [-0.4, -0.2) is 46.2 Å². The molecule has 2 aromatic heterocycles. The number of amides is 1. The lowest BCUT2D eigenvalue weighted by Gasteiger charge is -2.35. The minimum Gasteiger partial charge on any atom is -0.493 e. The van der Waals surface area contributed by atoms with Crippen molar-refractivity contribution in [3.05, 3.63) is 57.4 Å². The number of likely N-dealkylation sites (tertiary alicyclic amines) is 1. The standard InChI is InChI=1S/C22H25FN4O4/c1-13-21(23)22(29)27-19(24-13)12-15(25-27)16-6-4-5-9-26(16)20(28)11-14-7-8-17(30-2)18(10-14)31-3/h7-8,10,12,16,25H,4-6,9,11H2,1-3H3/t16-/m1/s1. The summed E-state index contributed by atoms with van der Waals surface area (Å²) < 4.78 is 25.7. The second-order valence-electron chi connectivity index (χ2n) is 7.69. The van der Waals surface area contributed by atoms with Gasteiger partial charge in [-0.1, -0.05) is 6.07 Å². The van der Waals surface area contributed by atoms with Crippen LogP contribution in [-0.2, 0) is 11.2 Å². The molecular weight excluding hydrogens is 403 g/mol. The number of hydrogen-bond donors (Lipinski definition) is 1. The molecule has 9 heteroatoms. The number of benzene rings is 1. The third kappa shape index (κ3) is 3.87. The van der Waals surface area contributed by atoms with Crippen LogP contribution in [0.1, 0.15) is 42.3 Å². The summed E-state index contributed by atoms with van der Waals surface area (Å²) in [7, 11) is 3.12. The van der Waals surface area contributed by atoms with Gasteiger partial charge in [-0.25, -0.2) is 4.98 Å². The number of carbonyl (C=O) groups excluding carboxylic acids is 1. The number of fused-ring (bicyclic) bond motifs is 1. The first-order valence-corrected chi connectivity index (χ1v) is 10.2. The van der Waals surface area contributed by atoms with E-state index in [0.29, 0.717) is 29.4 Å². The summed E-state index contributed by atoms with van der Waals surface area (Å²) in [6.45, 7) is 2.07. The molecule has 31 heavy (non-hydrogen) atoms. The van der Waals surface area contributed by atoms with Crippen LogP contribution in [0.15, 0.2) is 29.1 Å². The van der Waals surface area contributed by atoms with E-state index < -0.39 is 11.4 Å². The van der Waals surface area contributed by atoms with Crippen LogP contribution in [0.25, 0.3) is 5.65 Å². The summed E-state index contributed by atoms with van der Waals surface area (Å²) >= 11 is 0. The Kier molecular flexibility index (Phi) is 5.67. The minimum atomic E-state index is -0.879. The van der Waals surface area contributed by atoms with Gasteiger partial charge in [0.2, 0.25) is 11.7 Å². The zero-order chi connectivity index (χ0) is 22.1. The maximum absolute atomic E-state index is 14.0. The molecule has 0 bridgehead atoms. The van der Waals surface area contributed by atoms with Crippen LogP contribution in [0.4, 0.5) is 4.39 Å². The van der Waals surface area contributed by atoms with Crippen LogP contribution >= 0.6 is 0 Å². The zero-order valence-corrected chi connectivity index (χ0v) is 17.8. The molecule has 1 amide bonds. The summed E-state index contributed by atoms with van der Waals surface area (Å²) in [4.78, 5) is 31.4. The Hall–Kier alpha value is -3.36. The van der Waals surface area contributed by atoms with Gasteiger partial charge in [-0.05, 0) is 43.9 Å². The van der Waals surface area contributed by atoms with Gasteiger partial charge in [0.15, 0.2) is 17.1 Å². The van der Waals surface area contributed by atoms with Crippen molar-refractivity contribution in [2.75, 3.05) is 20.8 Å². The first-order chi connectivity index (χ1) is 14.9. The average molecular weight is 428 g/mol. The van der Waals surface area contributed by atoms with Gasteiger partial charge in [-0.3, -0.25) is 14.7 Å². The molecule has 0 aliphatic carbocycles. The Morgan fingerprint density at radius 3 is 2.74 bits per heavy atom. The number of hydrogen-bond acceptors (Lipinski definition) is 5. The quantitative estimate of drug-likeness (QED) is 0.675. The Morgan fingerprint density at radius 1 is 1.23 bits per heavy atom. The van der Waals surface area contributed by atoms with Crippen molar-refractivity contribution >= 4 is 11.6 Å². The van der Waals surface area contributed by atoms with E-state index in [9.17, 15) is 14.0 Å². The maximum Gasteiger partial charge on any atom is 0.308 e. The Balaban J connectivity index is 1.62. The van der Waals surface area contributed by atoms with E-state index in [1.165, 1.54) is 6.92 Å². The molecule has 1 aromatic carbocycles. The van der Waals surface area contributed by atoms with Crippen molar-refractivity contribution in [2.24, 2.45) is 0 Å². The number of H-pyrrole nitrogens is 1. The minimum absolute atomic E-state index is 0.0294. The molecule has 0 unspecified atom stereocenters. The van der Waals surface area contributed by atoms with Crippen molar-refractivity contribution in [1.29, 1.82) is 0 Å². The van der Waals surface area contributed by atoms with Gasteiger partial charge in [-0.2, -0.15) is 8.91 Å². The molecule has 3 aromatic rings. The Morgan fingerprint density at radius 2 is 2.00 bits per heavy atom. The van der Waals surface area contributed by atoms with Crippen LogP contribution in [0.3, 0.4) is 0 Å². The number of ether oxygens (including phenoxy) is 2. The number of nitrogens with zero attached hydrogens (tertiary/aromatic N) is 3. The van der Waals surface area contributed by atoms with E-state index in [1.54, 1.807) is 32.4 Å². The van der Waals surface area contributed by atoms with Crippen LogP contribution in [0.5, 0.6) is 11.5 Å². The molecule has 1 atom stereocenters. The summed E-state index contributed by atoms with van der Waals surface area (Å²) in [5.74, 6) is 0.267. The van der Waals surface area contributed by atoms with Crippen molar-refractivity contribution in [1.82, 2.24) is 19.5 Å². The van der Waals surface area contributed by atoms with E-state index in [0.717, 1.165) is 29.3 Å². The monoisotopic (exact) mass is 428 g/mol. The molecule has 1 aliphatic heterocycles. The van der Waals surface area contributed by atoms with Crippen LogP contribution < -0.4 is 15.0 Å². The highest BCUT2D eigenvalue weighted by molar-refractivity contribution is 5.79. The van der Waals surface area contributed by atoms with E-state index in [2.05, 4.69) is 10.1 Å². The number of halogens is 1. The highest BCUT2D eigenvalue weighted by Crippen LogP contribution is 2.32. The van der Waals surface area contributed by atoms with E-state index >= 15 is 0 Å². The number of aromatic amines is 1. The van der Waals surface area contributed by atoms with Crippen molar-refractivity contribution in [2.45, 2.75) is 38.6 Å². The fourth-order valence-corrected chi connectivity index (χ4v) is 4.12. The number of nitrogens with one attached hydrogen (secondary N) is 1. The van der Waals surface area contributed by atoms with Crippen molar-refractivity contribution in [3.8, 4) is 11.5 Å². The molecule has 0 saturated carbocycles. The van der Waals surface area contributed by atoms with E-state index in [4.69, 9.17) is 9.47 Å². The van der Waals surface area contributed by atoms with Gasteiger partial charge in [0, 0.05) is 12.6 Å². The lowest BCUT2D eigenvalue weighted by Crippen LogP contribution is -2.39. The highest BCUT2D eigenvalue weighted by Gasteiger charge is 2.30. The maximum atomic E-state index is 14.0. The number of methoxy groups -OCH3 is 2. The fourth-order valence-electron chi connectivity index (χ4n) is 4.12. The molecule has 0 spiro atoms. The second-order valence-corrected chi connectivity index (χ2v) is 7.69. The van der Waals surface area contributed by atoms with E-state index in [-0.39, 0.29) is 24.1 Å². The molecule has 0 radical (unpaired) electrons. The number of rotatable bonds is 5. The summed E-state index contributed by atoms with van der Waals surface area (Å²) in [5, 5.41) is 2.95. The first kappa shape index (κ1) is 20.9. The van der Waals surface area contributed by atoms with Gasteiger partial charge in [0.1, 0.15) is 0 Å². The molecule has 4 rings (SSSR count). The lowest BCUT2D eigenvalue weighted by molar-refractivity contribution is -0.134. The zero-order valence-electron chi connectivity index (χ0n) is 17.8. The number of aryl methyl sites for hydroxylation is 1. The van der Waals surface area contributed by atoms with Gasteiger partial charge in [0.25, 0.3) is 0 Å². The first-order valence-electron chi connectivity index (χ1n) is 10.2. The predicted molar refractivity (Wildman–Crippen MR) is 112 cm³/mol. The molecular formula is C22H25FN4O4. The van der Waals surface area contributed by atoms with Crippen LogP contribution in [0.2, 0.25) is 0 Å². The number of piperidine rings is 1. The Bertz CT molecular complexity index is 1190. The van der Waals surface area contributed by atoms with Crippen molar-refractivity contribution in [3.63, 3.8) is 0 Å². The summed E-state index contributed by atoms with van der Waals surface area (Å²) in [6.07, 6.45) is 2.82. The largest absolute Gasteiger partial charge is 0.493 e. The van der Waals surface area contributed by atoms with Gasteiger partial charge < -0.3 is 14.4 Å². The van der Waals surface area contributed by atoms with Crippen molar-refractivity contribution < 1.29 is 18.7 Å². The molecule has 8 nitrogen and oxygen atoms in total. The molecule has 164 valence electrons. The lowest BCUT2D eigenvalue weighted by atomic mass is 9.98. The number of aromatic nitrogens is 3. The van der Waals surface area contributed by atoms with E-state index in [1.807, 2.05) is 11.0 Å². The molecule has 1 fully saturated rings. The normalized spacial score (nSPS) is 16.5. The topological polar surface area (TPSA) is 88.9 Å². The van der Waals surface area contributed by atoms with Crippen LogP contribution in [0, 0.1) is 12.7 Å². The highest BCUT2D eigenvalue weighted by atomic mass is 19.1. The molecule has 1 saturated heterocycles. The molecule has 1 N–H and O–H groups in total. The third-order valence-corrected chi connectivity index (χ3v) is 5.73. The molecule has 3 heterocycles. The molecule has 1 aliphatic rings. The second kappa shape index (κ2) is 8.41. The predicted octanol–water partition coefficient (Wildman–Crippen LogP) is 2.78. The average Bonchev–Trinajstić information content (AvgIpc) is 3.21. The summed E-state index contributed by atoms with van der Waals surface area (Å²) in [6, 6.07) is 6.91. The van der Waals surface area contributed by atoms with Gasteiger partial charge >= 0.3 is 5.56 Å². The number of carbonyl (C=O) groups is 1. The van der Waals surface area contributed by atoms with Gasteiger partial charge in [0.05, 0.1) is 38.1 Å². The smallest absolute Gasteiger partial charge is 0.308 e. The SMILES string of the molecule is COc1ccc(CC(=O)N2CCCC[C@@H]2c2cc3nc(C)c(F)c(=O)n3[nH]2)cc1OC. The Labute approximate surface area is 178 Å². The van der Waals surface area contributed by atoms with Gasteiger partial charge in [-0.15, -0.1) is 0 Å². The fraction of sp³-hybridized carbons (Fsp3) is 0.409. The summed E-state index contributed by atoms with van der Waals surface area (Å²) in [5.41, 5.74) is 1.12. The third-order valence-electron chi connectivity index (χ3n) is 5.73.